The quantitative estimate of drug-likeness (QED) is 0.834. The maximum Gasteiger partial charge on any atom is 0.337 e. The molecule has 0 aliphatic carbocycles. The van der Waals surface area contributed by atoms with Crippen LogP contribution in [-0.2, 0) is 11.2 Å². The molecule has 2 aromatic rings. The molecule has 0 atom stereocenters. The van der Waals surface area contributed by atoms with Gasteiger partial charge < -0.3 is 15.4 Å². The third-order valence-corrected chi connectivity index (χ3v) is 3.08. The molecule has 0 spiro atoms. The van der Waals surface area contributed by atoms with E-state index in [0.29, 0.717) is 17.8 Å². The van der Waals surface area contributed by atoms with Crippen LogP contribution < -0.4 is 10.6 Å². The number of ether oxygens (including phenoxy) is 1. The first-order valence-corrected chi connectivity index (χ1v) is 6.96. The van der Waals surface area contributed by atoms with Crippen LogP contribution in [0.25, 0.3) is 0 Å². The van der Waals surface area contributed by atoms with Gasteiger partial charge in [-0.15, -0.1) is 0 Å². The number of esters is 1. The number of hydrogen-bond donors (Lipinski definition) is 2. The highest BCUT2D eigenvalue weighted by molar-refractivity contribution is 5.93. The number of carbonyl (C=O) groups excluding carboxylic acids is 2. The van der Waals surface area contributed by atoms with Crippen molar-refractivity contribution in [3.05, 3.63) is 65.7 Å². The number of methoxy groups -OCH3 is 1. The van der Waals surface area contributed by atoms with Crippen LogP contribution in [0.5, 0.6) is 0 Å². The van der Waals surface area contributed by atoms with Gasteiger partial charge in [-0.1, -0.05) is 36.4 Å². The number of anilines is 1. The average Bonchev–Trinajstić information content (AvgIpc) is 2.55. The summed E-state index contributed by atoms with van der Waals surface area (Å²) in [6, 6.07) is 16.2. The molecule has 5 heteroatoms. The van der Waals surface area contributed by atoms with E-state index in [1.54, 1.807) is 24.3 Å². The van der Waals surface area contributed by atoms with E-state index in [0.717, 1.165) is 12.0 Å². The number of hydrogen-bond acceptors (Lipinski definition) is 3. The number of carbonyl (C=O) groups is 2. The van der Waals surface area contributed by atoms with E-state index >= 15 is 0 Å². The number of urea groups is 1. The predicted molar refractivity (Wildman–Crippen MR) is 84.9 cm³/mol. The highest BCUT2D eigenvalue weighted by Gasteiger charge is 2.07. The molecule has 2 amide bonds. The van der Waals surface area contributed by atoms with Gasteiger partial charge in [-0.3, -0.25) is 0 Å². The average molecular weight is 298 g/mol. The van der Waals surface area contributed by atoms with Crippen LogP contribution >= 0.6 is 0 Å². The molecule has 2 N–H and O–H groups in total. The van der Waals surface area contributed by atoms with Crippen LogP contribution in [-0.4, -0.2) is 25.7 Å². The molecule has 0 aliphatic rings. The molecule has 2 aromatic carbocycles. The van der Waals surface area contributed by atoms with Crippen LogP contribution in [0.2, 0.25) is 0 Å². The third kappa shape index (κ3) is 4.63. The predicted octanol–water partition coefficient (Wildman–Crippen LogP) is 2.84. The zero-order valence-electron chi connectivity index (χ0n) is 12.3. The summed E-state index contributed by atoms with van der Waals surface area (Å²) < 4.78 is 4.64. The molecule has 2 rings (SSSR count). The Hall–Kier alpha value is -2.82. The van der Waals surface area contributed by atoms with Gasteiger partial charge in [0.05, 0.1) is 12.7 Å². The van der Waals surface area contributed by atoms with Crippen LogP contribution in [0.3, 0.4) is 0 Å². The first kappa shape index (κ1) is 15.6. The van der Waals surface area contributed by atoms with Gasteiger partial charge in [0.25, 0.3) is 0 Å². The Morgan fingerprint density at radius 3 is 2.55 bits per heavy atom. The van der Waals surface area contributed by atoms with E-state index in [4.69, 9.17) is 0 Å². The Bertz CT molecular complexity index is 641. The normalized spacial score (nSPS) is 9.86. The van der Waals surface area contributed by atoms with Crippen molar-refractivity contribution in [2.24, 2.45) is 0 Å². The fourth-order valence-corrected chi connectivity index (χ4v) is 1.98. The molecule has 5 nitrogen and oxygen atoms in total. The zero-order valence-corrected chi connectivity index (χ0v) is 12.3. The van der Waals surface area contributed by atoms with Crippen molar-refractivity contribution in [2.45, 2.75) is 6.42 Å². The summed E-state index contributed by atoms with van der Waals surface area (Å²) in [5.74, 6) is -0.437. The first-order valence-electron chi connectivity index (χ1n) is 6.96. The van der Waals surface area contributed by atoms with Gasteiger partial charge in [0.1, 0.15) is 0 Å². The SMILES string of the molecule is COC(=O)c1cccc(NC(=O)NCCc2ccccc2)c1. The topological polar surface area (TPSA) is 67.4 Å². The molecule has 0 saturated heterocycles. The summed E-state index contributed by atoms with van der Waals surface area (Å²) in [6.45, 7) is 0.534. The monoisotopic (exact) mass is 298 g/mol. The van der Waals surface area contributed by atoms with Gasteiger partial charge in [0.2, 0.25) is 0 Å². The van der Waals surface area contributed by atoms with Gasteiger partial charge >= 0.3 is 12.0 Å². The second-order valence-corrected chi connectivity index (χ2v) is 4.69. The minimum atomic E-state index is -0.437. The third-order valence-electron chi connectivity index (χ3n) is 3.08. The van der Waals surface area contributed by atoms with Gasteiger partial charge in [-0.05, 0) is 30.2 Å². The van der Waals surface area contributed by atoms with Gasteiger partial charge in [0, 0.05) is 12.2 Å². The van der Waals surface area contributed by atoms with Crippen molar-refractivity contribution in [3.63, 3.8) is 0 Å². The van der Waals surface area contributed by atoms with Crippen LogP contribution in [0.4, 0.5) is 10.5 Å². The van der Waals surface area contributed by atoms with Crippen molar-refractivity contribution >= 4 is 17.7 Å². The molecule has 0 bridgehead atoms. The van der Waals surface area contributed by atoms with Gasteiger partial charge in [-0.2, -0.15) is 0 Å². The van der Waals surface area contributed by atoms with Crippen molar-refractivity contribution in [1.29, 1.82) is 0 Å². The number of nitrogens with one attached hydrogen (secondary N) is 2. The molecule has 0 saturated carbocycles. The summed E-state index contributed by atoms with van der Waals surface area (Å²) >= 11 is 0. The Morgan fingerprint density at radius 2 is 1.82 bits per heavy atom. The molecule has 0 heterocycles. The summed E-state index contributed by atoms with van der Waals surface area (Å²) in [5.41, 5.74) is 2.10. The van der Waals surface area contributed by atoms with Crippen LogP contribution in [0, 0.1) is 0 Å². The Kier molecular flexibility index (Phi) is 5.54. The van der Waals surface area contributed by atoms with Crippen molar-refractivity contribution in [2.75, 3.05) is 19.0 Å². The largest absolute Gasteiger partial charge is 0.465 e. The lowest BCUT2D eigenvalue weighted by atomic mass is 10.1. The summed E-state index contributed by atoms with van der Waals surface area (Å²) in [6.07, 6.45) is 0.760. The van der Waals surface area contributed by atoms with E-state index in [-0.39, 0.29) is 6.03 Å². The summed E-state index contributed by atoms with van der Waals surface area (Å²) in [4.78, 5) is 23.2. The van der Waals surface area contributed by atoms with Gasteiger partial charge in [0.15, 0.2) is 0 Å². The molecular formula is C17H18N2O3. The maximum absolute atomic E-state index is 11.8. The molecule has 0 aliphatic heterocycles. The molecule has 0 fully saturated rings. The Labute approximate surface area is 129 Å². The molecule has 0 aromatic heterocycles. The number of rotatable bonds is 5. The van der Waals surface area contributed by atoms with Crippen molar-refractivity contribution in [1.82, 2.24) is 5.32 Å². The smallest absolute Gasteiger partial charge is 0.337 e. The highest BCUT2D eigenvalue weighted by atomic mass is 16.5. The maximum atomic E-state index is 11.8. The minimum Gasteiger partial charge on any atom is -0.465 e. The van der Waals surface area contributed by atoms with E-state index in [1.165, 1.54) is 7.11 Å². The molecule has 0 radical (unpaired) electrons. The van der Waals surface area contributed by atoms with Gasteiger partial charge in [-0.25, -0.2) is 9.59 Å². The van der Waals surface area contributed by atoms with Crippen LogP contribution in [0.1, 0.15) is 15.9 Å². The van der Waals surface area contributed by atoms with Crippen LogP contribution in [0.15, 0.2) is 54.6 Å². The Balaban J connectivity index is 1.83. The fraction of sp³-hybridized carbons (Fsp3) is 0.176. The second kappa shape index (κ2) is 7.83. The van der Waals surface area contributed by atoms with E-state index in [2.05, 4.69) is 15.4 Å². The second-order valence-electron chi connectivity index (χ2n) is 4.69. The molecule has 22 heavy (non-hydrogen) atoms. The lowest BCUT2D eigenvalue weighted by molar-refractivity contribution is 0.0600. The number of amides is 2. The lowest BCUT2D eigenvalue weighted by Gasteiger charge is -2.08. The minimum absolute atomic E-state index is 0.307. The Morgan fingerprint density at radius 1 is 1.05 bits per heavy atom. The van der Waals surface area contributed by atoms with Crippen molar-refractivity contribution < 1.29 is 14.3 Å². The standard InChI is InChI=1S/C17H18N2O3/c1-22-16(20)14-8-5-9-15(12-14)19-17(21)18-11-10-13-6-3-2-4-7-13/h2-9,12H,10-11H2,1H3,(H2,18,19,21). The van der Waals surface area contributed by atoms with E-state index < -0.39 is 5.97 Å². The summed E-state index contributed by atoms with van der Waals surface area (Å²) in [7, 11) is 1.32. The highest BCUT2D eigenvalue weighted by Crippen LogP contribution is 2.11. The molecular weight excluding hydrogens is 280 g/mol. The van der Waals surface area contributed by atoms with E-state index in [1.807, 2.05) is 30.3 Å². The van der Waals surface area contributed by atoms with Crippen molar-refractivity contribution in [3.8, 4) is 0 Å². The number of benzene rings is 2. The van der Waals surface area contributed by atoms with E-state index in [9.17, 15) is 9.59 Å². The molecule has 114 valence electrons. The fourth-order valence-electron chi connectivity index (χ4n) is 1.98. The zero-order chi connectivity index (χ0) is 15.8. The first-order chi connectivity index (χ1) is 10.7. The summed E-state index contributed by atoms with van der Waals surface area (Å²) in [5, 5.41) is 5.47. The molecule has 0 unspecified atom stereocenters. The lowest BCUT2D eigenvalue weighted by Crippen LogP contribution is -2.30.